The number of nitrogens with zero attached hydrogens (tertiary/aromatic N) is 2. The number of pyridine rings is 1. The summed E-state index contributed by atoms with van der Waals surface area (Å²) in [5.74, 6) is -0.363. The van der Waals surface area contributed by atoms with Gasteiger partial charge in [0.05, 0.1) is 6.04 Å². The van der Waals surface area contributed by atoms with Crippen molar-refractivity contribution >= 4 is 18.1 Å². The molecule has 0 unspecified atom stereocenters. The Balaban J connectivity index is 1.36. The van der Waals surface area contributed by atoms with E-state index in [9.17, 15) is 19.8 Å². The van der Waals surface area contributed by atoms with E-state index in [1.165, 1.54) is 0 Å². The maximum atomic E-state index is 13.4. The van der Waals surface area contributed by atoms with Gasteiger partial charge in [-0.3, -0.25) is 14.5 Å². The average molecular weight is 487 g/mol. The van der Waals surface area contributed by atoms with Crippen LogP contribution in [0.25, 0.3) is 12.2 Å². The molecular formula is C28H26N2O6. The molecule has 0 radical (unpaired) electrons. The smallest absolute Gasteiger partial charge is 0.321 e. The molecule has 184 valence electrons. The van der Waals surface area contributed by atoms with Crippen molar-refractivity contribution in [2.75, 3.05) is 13.4 Å². The van der Waals surface area contributed by atoms with E-state index in [0.29, 0.717) is 30.2 Å². The summed E-state index contributed by atoms with van der Waals surface area (Å²) in [5.41, 5.74) is 3.12. The Bertz CT molecular complexity index is 1400. The molecule has 0 aliphatic carbocycles. The first-order valence-electron chi connectivity index (χ1n) is 12.0. The molecule has 3 aromatic rings. The van der Waals surface area contributed by atoms with Crippen LogP contribution in [0.1, 0.15) is 28.4 Å². The summed E-state index contributed by atoms with van der Waals surface area (Å²) in [6.45, 7) is 0.613. The van der Waals surface area contributed by atoms with Gasteiger partial charge in [0.1, 0.15) is 6.04 Å². The Morgan fingerprint density at radius 2 is 1.83 bits per heavy atom. The minimum atomic E-state index is -0.972. The van der Waals surface area contributed by atoms with Gasteiger partial charge in [0.15, 0.2) is 11.5 Å². The van der Waals surface area contributed by atoms with Gasteiger partial charge in [-0.25, -0.2) is 0 Å². The van der Waals surface area contributed by atoms with E-state index in [1.54, 1.807) is 10.6 Å². The van der Waals surface area contributed by atoms with E-state index in [1.807, 2.05) is 71.6 Å². The first kappa shape index (κ1) is 22.6. The van der Waals surface area contributed by atoms with Crippen LogP contribution in [0, 0.1) is 11.8 Å². The second-order valence-electron chi connectivity index (χ2n) is 9.47. The van der Waals surface area contributed by atoms with Crippen LogP contribution in [0.4, 0.5) is 0 Å². The second kappa shape index (κ2) is 8.96. The summed E-state index contributed by atoms with van der Waals surface area (Å²) in [4.78, 5) is 27.7. The molecular weight excluding hydrogens is 460 g/mol. The van der Waals surface area contributed by atoms with Crippen LogP contribution >= 0.6 is 0 Å². The number of likely N-dealkylation sites (tertiary alicyclic amines) is 1. The lowest BCUT2D eigenvalue weighted by Gasteiger charge is -2.29. The summed E-state index contributed by atoms with van der Waals surface area (Å²) in [6, 6.07) is 17.9. The Kier molecular flexibility index (Phi) is 5.62. The molecule has 0 bridgehead atoms. The number of benzene rings is 2. The fraction of sp³-hybridized carbons (Fsp3) is 0.286. The Morgan fingerprint density at radius 1 is 1.03 bits per heavy atom. The number of hydrogen-bond donors (Lipinski definition) is 2. The van der Waals surface area contributed by atoms with Crippen molar-refractivity contribution in [1.29, 1.82) is 0 Å². The predicted octanol–water partition coefficient (Wildman–Crippen LogP) is 3.00. The van der Waals surface area contributed by atoms with Gasteiger partial charge < -0.3 is 24.3 Å². The third-order valence-corrected chi connectivity index (χ3v) is 7.53. The molecule has 0 spiro atoms. The molecule has 8 heteroatoms. The van der Waals surface area contributed by atoms with Crippen LogP contribution in [0.5, 0.6) is 11.5 Å². The summed E-state index contributed by atoms with van der Waals surface area (Å²) >= 11 is 0. The standard InChI is InChI=1S/C28H26N2O6/c31-15-21-20-14-29-22(10-9-19(27(29)32)8-6-17-4-2-1-3-5-17)25(20)30(26(21)28(33)34)13-18-7-11-23-24(12-18)36-16-35-23/h1-12,20-21,25-26,31H,13-16H2,(H,33,34)/t20-,21-,25+,26-/m1/s1. The molecule has 2 aromatic carbocycles. The second-order valence-corrected chi connectivity index (χ2v) is 9.47. The van der Waals surface area contributed by atoms with Crippen LogP contribution in [-0.4, -0.2) is 45.1 Å². The number of aliphatic hydroxyl groups excluding tert-OH is 1. The first-order valence-corrected chi connectivity index (χ1v) is 12.0. The lowest BCUT2D eigenvalue weighted by molar-refractivity contribution is -0.145. The zero-order chi connectivity index (χ0) is 24.8. The lowest BCUT2D eigenvalue weighted by atomic mass is 9.88. The van der Waals surface area contributed by atoms with Crippen molar-refractivity contribution in [3.8, 4) is 11.5 Å². The maximum Gasteiger partial charge on any atom is 0.321 e. The fourth-order valence-electron chi connectivity index (χ4n) is 5.91. The van der Waals surface area contributed by atoms with E-state index in [2.05, 4.69) is 0 Å². The third kappa shape index (κ3) is 3.70. The highest BCUT2D eigenvalue weighted by atomic mass is 16.7. The predicted molar refractivity (Wildman–Crippen MR) is 132 cm³/mol. The number of hydrogen-bond acceptors (Lipinski definition) is 6. The zero-order valence-corrected chi connectivity index (χ0v) is 19.5. The topological polar surface area (TPSA) is 101 Å². The van der Waals surface area contributed by atoms with E-state index in [4.69, 9.17) is 9.47 Å². The molecule has 36 heavy (non-hydrogen) atoms. The highest BCUT2D eigenvalue weighted by Gasteiger charge is 2.55. The molecule has 1 aromatic heterocycles. The first-order chi connectivity index (χ1) is 17.5. The van der Waals surface area contributed by atoms with Gasteiger partial charge in [-0.05, 0) is 41.5 Å². The molecule has 4 atom stereocenters. The van der Waals surface area contributed by atoms with Crippen molar-refractivity contribution in [1.82, 2.24) is 9.47 Å². The summed E-state index contributed by atoms with van der Waals surface area (Å²) < 4.78 is 12.6. The van der Waals surface area contributed by atoms with E-state index in [-0.39, 0.29) is 30.9 Å². The average Bonchev–Trinajstić information content (AvgIpc) is 3.58. The molecule has 3 aliphatic rings. The van der Waals surface area contributed by atoms with Gasteiger partial charge in [-0.1, -0.05) is 42.5 Å². The summed E-state index contributed by atoms with van der Waals surface area (Å²) in [7, 11) is 0. The van der Waals surface area contributed by atoms with Gasteiger partial charge in [0, 0.05) is 42.8 Å². The third-order valence-electron chi connectivity index (χ3n) is 7.53. The number of carboxylic acids is 1. The lowest BCUT2D eigenvalue weighted by Crippen LogP contribution is -2.42. The van der Waals surface area contributed by atoms with Gasteiger partial charge in [-0.2, -0.15) is 0 Å². The SMILES string of the molecule is O=C(O)[C@H]1[C@H](CO)[C@H]2Cn3c(ccc(C=Cc4ccccc4)c3=O)[C@H]2N1Cc1ccc2c(c1)OCO2. The van der Waals surface area contributed by atoms with Crippen molar-refractivity contribution in [2.45, 2.75) is 25.2 Å². The van der Waals surface area contributed by atoms with Gasteiger partial charge in [-0.15, -0.1) is 0 Å². The summed E-state index contributed by atoms with van der Waals surface area (Å²) in [6.07, 6.45) is 3.72. The largest absolute Gasteiger partial charge is 0.480 e. The van der Waals surface area contributed by atoms with Crippen molar-refractivity contribution in [3.63, 3.8) is 0 Å². The number of rotatable bonds is 6. The number of fused-ring (bicyclic) bond motifs is 4. The van der Waals surface area contributed by atoms with Crippen LogP contribution in [0.3, 0.4) is 0 Å². The molecule has 1 fully saturated rings. The monoisotopic (exact) mass is 486 g/mol. The number of carbonyl (C=O) groups is 1. The number of carboxylic acid groups (broad SMARTS) is 1. The van der Waals surface area contributed by atoms with Crippen molar-refractivity contribution < 1.29 is 24.5 Å². The number of aromatic nitrogens is 1. The fourth-order valence-corrected chi connectivity index (χ4v) is 5.91. The zero-order valence-electron chi connectivity index (χ0n) is 19.5. The molecule has 4 heterocycles. The maximum absolute atomic E-state index is 13.4. The Morgan fingerprint density at radius 3 is 2.61 bits per heavy atom. The van der Waals surface area contributed by atoms with E-state index < -0.39 is 17.9 Å². The highest BCUT2D eigenvalue weighted by molar-refractivity contribution is 5.75. The van der Waals surface area contributed by atoms with Crippen LogP contribution in [0.15, 0.2) is 65.5 Å². The summed E-state index contributed by atoms with van der Waals surface area (Å²) in [5, 5.41) is 20.4. The van der Waals surface area contributed by atoms with Crippen LogP contribution < -0.4 is 15.0 Å². The number of aliphatic hydroxyl groups is 1. The Labute approximate surface area is 207 Å². The minimum absolute atomic E-state index is 0.110. The molecule has 1 saturated heterocycles. The minimum Gasteiger partial charge on any atom is -0.480 e. The quantitative estimate of drug-likeness (QED) is 0.552. The molecule has 0 saturated carbocycles. The van der Waals surface area contributed by atoms with Crippen molar-refractivity contribution in [3.05, 3.63) is 93.4 Å². The number of aliphatic carboxylic acids is 1. The normalized spacial score (nSPS) is 24.2. The van der Waals surface area contributed by atoms with E-state index in [0.717, 1.165) is 16.8 Å². The number of ether oxygens (including phenoxy) is 2. The molecule has 2 N–H and O–H groups in total. The van der Waals surface area contributed by atoms with Gasteiger partial charge in [0.25, 0.3) is 5.56 Å². The molecule has 0 amide bonds. The Hall–Kier alpha value is -3.88. The van der Waals surface area contributed by atoms with Crippen LogP contribution in [0.2, 0.25) is 0 Å². The molecule has 8 nitrogen and oxygen atoms in total. The van der Waals surface area contributed by atoms with Crippen molar-refractivity contribution in [2.24, 2.45) is 11.8 Å². The molecule has 3 aliphatic heterocycles. The van der Waals surface area contributed by atoms with Gasteiger partial charge in [0.2, 0.25) is 6.79 Å². The highest BCUT2D eigenvalue weighted by Crippen LogP contribution is 2.50. The van der Waals surface area contributed by atoms with Crippen LogP contribution in [-0.2, 0) is 17.9 Å². The van der Waals surface area contributed by atoms with Gasteiger partial charge >= 0.3 is 5.97 Å². The molecule has 6 rings (SSSR count). The van der Waals surface area contributed by atoms with E-state index >= 15 is 0 Å².